The van der Waals surface area contributed by atoms with Crippen molar-refractivity contribution in [2.45, 2.75) is 19.1 Å². The van der Waals surface area contributed by atoms with Crippen LogP contribution >= 0.6 is 0 Å². The van der Waals surface area contributed by atoms with Crippen LogP contribution in [0.1, 0.15) is 22.7 Å². The van der Waals surface area contributed by atoms with Crippen molar-refractivity contribution >= 4 is 0 Å². The van der Waals surface area contributed by atoms with E-state index in [1.807, 2.05) is 0 Å². The summed E-state index contributed by atoms with van der Waals surface area (Å²) in [5.41, 5.74) is 9.74. The van der Waals surface area contributed by atoms with Gasteiger partial charge in [0.2, 0.25) is 0 Å². The van der Waals surface area contributed by atoms with Crippen LogP contribution in [0.25, 0.3) is 0 Å². The number of nitrogens with zero attached hydrogens (tertiary/aromatic N) is 2. The number of nitrogens with two attached hydrogens (primary N) is 1. The fraction of sp³-hybridized carbons (Fsp3) is 0.368. The van der Waals surface area contributed by atoms with Gasteiger partial charge in [0.15, 0.2) is 0 Å². The van der Waals surface area contributed by atoms with Crippen molar-refractivity contribution in [3.63, 3.8) is 0 Å². The Bertz CT molecular complexity index is 597. The van der Waals surface area contributed by atoms with Crippen molar-refractivity contribution in [2.75, 3.05) is 26.7 Å². The second-order valence-corrected chi connectivity index (χ2v) is 6.18. The quantitative estimate of drug-likeness (QED) is 0.941. The third kappa shape index (κ3) is 3.55. The minimum Gasteiger partial charge on any atom is -0.326 e. The van der Waals surface area contributed by atoms with E-state index in [0.717, 1.165) is 26.2 Å². The summed E-state index contributed by atoms with van der Waals surface area (Å²) in [5.74, 6) is 0. The highest BCUT2D eigenvalue weighted by atomic mass is 15.3. The molecule has 22 heavy (non-hydrogen) atoms. The maximum absolute atomic E-state index is 5.77. The van der Waals surface area contributed by atoms with Gasteiger partial charge in [0, 0.05) is 38.8 Å². The molecular formula is C19H25N3. The maximum Gasteiger partial charge on any atom is 0.0479 e. The van der Waals surface area contributed by atoms with Gasteiger partial charge in [-0.2, -0.15) is 0 Å². The summed E-state index contributed by atoms with van der Waals surface area (Å²) in [7, 11) is 2.21. The zero-order valence-electron chi connectivity index (χ0n) is 13.3. The Hall–Kier alpha value is -1.68. The van der Waals surface area contributed by atoms with Crippen molar-refractivity contribution < 1.29 is 0 Å². The first-order chi connectivity index (χ1) is 10.8. The van der Waals surface area contributed by atoms with Crippen LogP contribution in [0.2, 0.25) is 0 Å². The Kier molecular flexibility index (Phi) is 4.88. The summed E-state index contributed by atoms with van der Waals surface area (Å²) in [6.07, 6.45) is 0. The summed E-state index contributed by atoms with van der Waals surface area (Å²) >= 11 is 0. The second-order valence-electron chi connectivity index (χ2n) is 6.18. The first kappa shape index (κ1) is 15.2. The average molecular weight is 295 g/mol. The molecule has 0 amide bonds. The molecular weight excluding hydrogens is 270 g/mol. The number of piperazine rings is 1. The lowest BCUT2D eigenvalue weighted by Gasteiger charge is -2.40. The maximum atomic E-state index is 5.77. The van der Waals surface area contributed by atoms with Gasteiger partial charge in [-0.3, -0.25) is 4.90 Å². The molecule has 0 aromatic heterocycles. The van der Waals surface area contributed by atoms with Crippen LogP contribution in [-0.4, -0.2) is 36.5 Å². The van der Waals surface area contributed by atoms with Gasteiger partial charge >= 0.3 is 0 Å². The van der Waals surface area contributed by atoms with E-state index in [9.17, 15) is 0 Å². The molecule has 2 aromatic rings. The number of hydrogen-bond acceptors (Lipinski definition) is 3. The van der Waals surface area contributed by atoms with Crippen molar-refractivity contribution in [1.82, 2.24) is 9.80 Å². The first-order valence-corrected chi connectivity index (χ1v) is 8.01. The van der Waals surface area contributed by atoms with E-state index in [1.54, 1.807) is 0 Å². The topological polar surface area (TPSA) is 32.5 Å². The smallest absolute Gasteiger partial charge is 0.0479 e. The molecule has 1 aliphatic heterocycles. The molecule has 1 unspecified atom stereocenters. The van der Waals surface area contributed by atoms with Gasteiger partial charge in [0.1, 0.15) is 0 Å². The van der Waals surface area contributed by atoms with Crippen LogP contribution in [0.4, 0.5) is 0 Å². The average Bonchev–Trinajstić information content (AvgIpc) is 2.57. The van der Waals surface area contributed by atoms with E-state index < -0.39 is 0 Å². The second kappa shape index (κ2) is 7.05. The third-order valence-corrected chi connectivity index (χ3v) is 4.49. The zero-order chi connectivity index (χ0) is 15.4. The normalized spacial score (nSPS) is 20.2. The van der Waals surface area contributed by atoms with Crippen molar-refractivity contribution in [2.24, 2.45) is 5.73 Å². The minimum atomic E-state index is 0.460. The van der Waals surface area contributed by atoms with Gasteiger partial charge in [-0.25, -0.2) is 0 Å². The van der Waals surface area contributed by atoms with Crippen LogP contribution in [0, 0.1) is 0 Å². The number of hydrogen-bond donors (Lipinski definition) is 1. The highest BCUT2D eigenvalue weighted by molar-refractivity contribution is 5.25. The monoisotopic (exact) mass is 295 g/mol. The Morgan fingerprint density at radius 2 is 1.77 bits per heavy atom. The van der Waals surface area contributed by atoms with E-state index >= 15 is 0 Å². The minimum absolute atomic E-state index is 0.460. The largest absolute Gasteiger partial charge is 0.326 e. The predicted octanol–water partition coefficient (Wildman–Crippen LogP) is 2.63. The van der Waals surface area contributed by atoms with Crippen LogP contribution in [0.3, 0.4) is 0 Å². The molecule has 1 aliphatic rings. The number of rotatable bonds is 4. The van der Waals surface area contributed by atoms with Crippen molar-refractivity contribution in [1.29, 1.82) is 0 Å². The summed E-state index contributed by atoms with van der Waals surface area (Å²) in [5, 5.41) is 0. The summed E-state index contributed by atoms with van der Waals surface area (Å²) in [6, 6.07) is 20.0. The lowest BCUT2D eigenvalue weighted by atomic mass is 10.0. The molecule has 2 N–H and O–H groups in total. The zero-order valence-corrected chi connectivity index (χ0v) is 13.3. The van der Waals surface area contributed by atoms with Crippen molar-refractivity contribution in [3.05, 3.63) is 71.3 Å². The van der Waals surface area contributed by atoms with E-state index in [4.69, 9.17) is 5.73 Å². The van der Waals surface area contributed by atoms with Crippen LogP contribution in [0.15, 0.2) is 54.6 Å². The van der Waals surface area contributed by atoms with Gasteiger partial charge < -0.3 is 10.6 Å². The molecule has 0 saturated carbocycles. The van der Waals surface area contributed by atoms with Crippen LogP contribution in [0.5, 0.6) is 0 Å². The molecule has 1 saturated heterocycles. The fourth-order valence-electron chi connectivity index (χ4n) is 3.23. The highest BCUT2D eigenvalue weighted by Gasteiger charge is 2.26. The standard InChI is InChI=1S/C19H25N3/c1-21-10-11-22(14-17-7-5-6-16(12-17)13-20)19(15-21)18-8-3-2-4-9-18/h2-9,12,19H,10-11,13-15,20H2,1H3. The van der Waals surface area contributed by atoms with Crippen LogP contribution < -0.4 is 5.73 Å². The Morgan fingerprint density at radius 1 is 1.00 bits per heavy atom. The molecule has 1 fully saturated rings. The summed E-state index contributed by atoms with van der Waals surface area (Å²) in [4.78, 5) is 5.01. The predicted molar refractivity (Wildman–Crippen MR) is 91.4 cm³/mol. The lowest BCUT2D eigenvalue weighted by molar-refractivity contribution is 0.0833. The van der Waals surface area contributed by atoms with Gasteiger partial charge in [-0.05, 0) is 23.7 Å². The molecule has 116 valence electrons. The lowest BCUT2D eigenvalue weighted by Crippen LogP contribution is -2.46. The number of likely N-dealkylation sites (N-methyl/N-ethyl adjacent to an activating group) is 1. The highest BCUT2D eigenvalue weighted by Crippen LogP contribution is 2.26. The molecule has 0 aliphatic carbocycles. The molecule has 0 radical (unpaired) electrons. The fourth-order valence-corrected chi connectivity index (χ4v) is 3.23. The molecule has 0 bridgehead atoms. The van der Waals surface area contributed by atoms with E-state index in [0.29, 0.717) is 12.6 Å². The van der Waals surface area contributed by atoms with E-state index in [1.165, 1.54) is 16.7 Å². The molecule has 3 heteroatoms. The molecule has 1 atom stereocenters. The molecule has 3 nitrogen and oxygen atoms in total. The Morgan fingerprint density at radius 3 is 2.55 bits per heavy atom. The Balaban J connectivity index is 1.80. The van der Waals surface area contributed by atoms with Crippen LogP contribution in [-0.2, 0) is 13.1 Å². The Labute approximate surface area is 133 Å². The molecule has 1 heterocycles. The van der Waals surface area contributed by atoms with Gasteiger partial charge in [0.05, 0.1) is 0 Å². The molecule has 3 rings (SSSR count). The third-order valence-electron chi connectivity index (χ3n) is 4.49. The molecule has 2 aromatic carbocycles. The SMILES string of the molecule is CN1CCN(Cc2cccc(CN)c2)C(c2ccccc2)C1. The van der Waals surface area contributed by atoms with Crippen molar-refractivity contribution in [3.8, 4) is 0 Å². The molecule has 0 spiro atoms. The van der Waals surface area contributed by atoms with Gasteiger partial charge in [0.25, 0.3) is 0 Å². The van der Waals surface area contributed by atoms with Gasteiger partial charge in [-0.1, -0.05) is 54.6 Å². The van der Waals surface area contributed by atoms with Gasteiger partial charge in [-0.15, -0.1) is 0 Å². The summed E-state index contributed by atoms with van der Waals surface area (Å²) in [6.45, 7) is 4.91. The number of benzene rings is 2. The first-order valence-electron chi connectivity index (χ1n) is 8.01. The summed E-state index contributed by atoms with van der Waals surface area (Å²) < 4.78 is 0. The van der Waals surface area contributed by atoms with E-state index in [2.05, 4.69) is 71.4 Å². The van der Waals surface area contributed by atoms with E-state index in [-0.39, 0.29) is 0 Å².